The van der Waals surface area contributed by atoms with Gasteiger partial charge in [-0.3, -0.25) is 0 Å². The van der Waals surface area contributed by atoms with Crippen LogP contribution in [0.4, 0.5) is 17.1 Å². The van der Waals surface area contributed by atoms with Gasteiger partial charge in [-0.1, -0.05) is 237 Å². The predicted molar refractivity (Wildman–Crippen MR) is 287 cm³/mol. The van der Waals surface area contributed by atoms with Crippen molar-refractivity contribution in [2.45, 2.75) is 5.41 Å². The SMILES string of the molecule is c1ccc(-c2ccc(Oc3ccc(-c4ccccc4)cc3N(c3ccc4c(c3)-c3ccccc3C4(c3ccccc3)c3ccccc3)c3ccc(-c4ccccc4)cc3-c3ccccc3)cc2)cc1. The fourth-order valence-corrected chi connectivity index (χ4v) is 10.4. The largest absolute Gasteiger partial charge is 0.455 e. The Bertz CT molecular complexity index is 3500. The molecular formula is C67H47NO. The van der Waals surface area contributed by atoms with Gasteiger partial charge in [0.2, 0.25) is 0 Å². The number of hydrogen-bond acceptors (Lipinski definition) is 2. The fraction of sp³-hybridized carbons (Fsp3) is 0.0149. The van der Waals surface area contributed by atoms with Crippen molar-refractivity contribution in [3.05, 3.63) is 307 Å². The van der Waals surface area contributed by atoms with Crippen LogP contribution in [0, 0.1) is 0 Å². The highest BCUT2D eigenvalue weighted by Crippen LogP contribution is 2.58. The van der Waals surface area contributed by atoms with Crippen LogP contribution >= 0.6 is 0 Å². The molecule has 1 aliphatic rings. The summed E-state index contributed by atoms with van der Waals surface area (Å²) in [4.78, 5) is 2.42. The second-order valence-electron chi connectivity index (χ2n) is 17.6. The number of anilines is 3. The highest BCUT2D eigenvalue weighted by atomic mass is 16.5. The van der Waals surface area contributed by atoms with E-state index in [0.29, 0.717) is 0 Å². The predicted octanol–water partition coefficient (Wildman–Crippen LogP) is 18.0. The van der Waals surface area contributed by atoms with E-state index in [-0.39, 0.29) is 0 Å². The molecule has 0 saturated heterocycles. The van der Waals surface area contributed by atoms with Crippen molar-refractivity contribution >= 4 is 17.1 Å². The lowest BCUT2D eigenvalue weighted by Crippen LogP contribution is -2.28. The molecular weight excluding hydrogens is 835 g/mol. The van der Waals surface area contributed by atoms with Crippen LogP contribution in [0.5, 0.6) is 11.5 Å². The second kappa shape index (κ2) is 18.0. The molecule has 2 heteroatoms. The van der Waals surface area contributed by atoms with E-state index in [1.807, 2.05) is 0 Å². The van der Waals surface area contributed by atoms with E-state index in [1.165, 1.54) is 33.4 Å². The molecule has 0 heterocycles. The third-order valence-corrected chi connectivity index (χ3v) is 13.6. The number of rotatable bonds is 11. The zero-order chi connectivity index (χ0) is 46.0. The van der Waals surface area contributed by atoms with Crippen LogP contribution in [0.2, 0.25) is 0 Å². The van der Waals surface area contributed by atoms with Gasteiger partial charge in [0, 0.05) is 11.3 Å². The Morgan fingerprint density at radius 1 is 0.275 bits per heavy atom. The van der Waals surface area contributed by atoms with Crippen LogP contribution in [0.25, 0.3) is 55.6 Å². The van der Waals surface area contributed by atoms with Crippen LogP contribution in [-0.2, 0) is 5.41 Å². The molecule has 11 aromatic carbocycles. The van der Waals surface area contributed by atoms with E-state index in [1.54, 1.807) is 0 Å². The van der Waals surface area contributed by atoms with E-state index in [2.05, 4.69) is 290 Å². The molecule has 0 atom stereocenters. The number of hydrogen-bond donors (Lipinski definition) is 0. The normalized spacial score (nSPS) is 12.2. The Labute approximate surface area is 404 Å². The molecule has 12 rings (SSSR count). The topological polar surface area (TPSA) is 12.5 Å². The molecule has 1 aliphatic carbocycles. The first-order valence-electron chi connectivity index (χ1n) is 23.7. The molecule has 11 aromatic rings. The summed E-state index contributed by atoms with van der Waals surface area (Å²) in [5.74, 6) is 1.49. The van der Waals surface area contributed by atoms with Crippen LogP contribution in [-0.4, -0.2) is 0 Å². The quantitative estimate of drug-likeness (QED) is 0.128. The number of ether oxygens (including phenoxy) is 1. The van der Waals surface area contributed by atoms with Gasteiger partial charge in [-0.25, -0.2) is 0 Å². The maximum atomic E-state index is 7.11. The van der Waals surface area contributed by atoms with Crippen LogP contribution in [0.1, 0.15) is 22.3 Å². The van der Waals surface area contributed by atoms with Gasteiger partial charge in [-0.15, -0.1) is 0 Å². The lowest BCUT2D eigenvalue weighted by atomic mass is 9.68. The van der Waals surface area contributed by atoms with Crippen molar-refractivity contribution in [1.82, 2.24) is 0 Å². The standard InChI is InChI=1S/C67H47NO/c1-7-21-48(22-8-1)51-35-40-58(41-36-51)69-66-44-38-54(50-25-11-3-12-26-50)46-65(66)68(64-43-37-53(49-23-9-2-10-24-49)45-60(64)52-27-13-4-14-28-52)57-39-42-63-61(47-57)59-33-19-20-34-62(59)67(63,55-29-15-5-16-30-55)56-31-17-6-18-32-56/h1-47H. The van der Waals surface area contributed by atoms with Crippen molar-refractivity contribution < 1.29 is 4.74 Å². The van der Waals surface area contributed by atoms with Crippen LogP contribution in [0.3, 0.4) is 0 Å². The van der Waals surface area contributed by atoms with Crippen molar-refractivity contribution in [2.24, 2.45) is 0 Å². The maximum absolute atomic E-state index is 7.11. The molecule has 2 nitrogen and oxygen atoms in total. The first-order chi connectivity index (χ1) is 34.2. The molecule has 0 bridgehead atoms. The average Bonchev–Trinajstić information content (AvgIpc) is 3.73. The van der Waals surface area contributed by atoms with Gasteiger partial charge >= 0.3 is 0 Å². The summed E-state index contributed by atoms with van der Waals surface area (Å²) in [6.07, 6.45) is 0. The van der Waals surface area contributed by atoms with E-state index in [4.69, 9.17) is 4.74 Å². The lowest BCUT2D eigenvalue weighted by Gasteiger charge is -2.34. The van der Waals surface area contributed by atoms with Gasteiger partial charge in [0.25, 0.3) is 0 Å². The minimum absolute atomic E-state index is 0.530. The Hall–Kier alpha value is -8.98. The van der Waals surface area contributed by atoms with Crippen molar-refractivity contribution in [3.63, 3.8) is 0 Å². The first-order valence-corrected chi connectivity index (χ1v) is 23.7. The molecule has 0 fully saturated rings. The molecule has 0 spiro atoms. The summed E-state index contributed by atoms with van der Waals surface area (Å²) in [5.41, 5.74) is 18.9. The number of benzene rings is 11. The lowest BCUT2D eigenvalue weighted by molar-refractivity contribution is 0.484. The third kappa shape index (κ3) is 7.59. The monoisotopic (exact) mass is 881 g/mol. The van der Waals surface area contributed by atoms with Crippen LogP contribution in [0.15, 0.2) is 285 Å². The Balaban J connectivity index is 1.12. The number of nitrogens with zero attached hydrogens (tertiary/aromatic N) is 1. The molecule has 0 aliphatic heterocycles. The smallest absolute Gasteiger partial charge is 0.151 e. The van der Waals surface area contributed by atoms with Gasteiger partial charge in [0.05, 0.1) is 16.8 Å². The molecule has 69 heavy (non-hydrogen) atoms. The minimum atomic E-state index is -0.530. The van der Waals surface area contributed by atoms with E-state index in [0.717, 1.165) is 73.1 Å². The Morgan fingerprint density at radius 2 is 0.725 bits per heavy atom. The highest BCUT2D eigenvalue weighted by molar-refractivity contribution is 5.96. The first kappa shape index (κ1) is 41.5. The second-order valence-corrected chi connectivity index (χ2v) is 17.6. The molecule has 0 N–H and O–H groups in total. The van der Waals surface area contributed by atoms with Gasteiger partial charge in [0.15, 0.2) is 5.75 Å². The summed E-state index contributed by atoms with van der Waals surface area (Å²) in [5, 5.41) is 0. The van der Waals surface area contributed by atoms with Gasteiger partial charge in [-0.05, 0) is 121 Å². The van der Waals surface area contributed by atoms with E-state index >= 15 is 0 Å². The van der Waals surface area contributed by atoms with Crippen LogP contribution < -0.4 is 9.64 Å². The summed E-state index contributed by atoms with van der Waals surface area (Å²) < 4.78 is 7.11. The molecule has 0 unspecified atom stereocenters. The van der Waals surface area contributed by atoms with Crippen molar-refractivity contribution in [1.29, 1.82) is 0 Å². The third-order valence-electron chi connectivity index (χ3n) is 13.6. The van der Waals surface area contributed by atoms with Crippen molar-refractivity contribution in [2.75, 3.05) is 4.90 Å². The minimum Gasteiger partial charge on any atom is -0.455 e. The van der Waals surface area contributed by atoms with Gasteiger partial charge in [0.1, 0.15) is 5.75 Å². The molecule has 326 valence electrons. The van der Waals surface area contributed by atoms with E-state index in [9.17, 15) is 0 Å². The fourth-order valence-electron chi connectivity index (χ4n) is 10.4. The molecule has 0 saturated carbocycles. The Kier molecular flexibility index (Phi) is 10.8. The molecule has 0 radical (unpaired) electrons. The highest BCUT2D eigenvalue weighted by Gasteiger charge is 2.46. The summed E-state index contributed by atoms with van der Waals surface area (Å²) in [6, 6.07) is 103. The van der Waals surface area contributed by atoms with Gasteiger partial charge < -0.3 is 9.64 Å². The van der Waals surface area contributed by atoms with Gasteiger partial charge in [-0.2, -0.15) is 0 Å². The summed E-state index contributed by atoms with van der Waals surface area (Å²) in [6.45, 7) is 0. The average molecular weight is 882 g/mol. The summed E-state index contributed by atoms with van der Waals surface area (Å²) >= 11 is 0. The van der Waals surface area contributed by atoms with E-state index < -0.39 is 5.41 Å². The van der Waals surface area contributed by atoms with Crippen molar-refractivity contribution in [3.8, 4) is 67.1 Å². The number of fused-ring (bicyclic) bond motifs is 3. The zero-order valence-corrected chi connectivity index (χ0v) is 38.0. The Morgan fingerprint density at radius 3 is 1.32 bits per heavy atom. The summed E-state index contributed by atoms with van der Waals surface area (Å²) in [7, 11) is 0. The maximum Gasteiger partial charge on any atom is 0.151 e. The molecule has 0 amide bonds. The zero-order valence-electron chi connectivity index (χ0n) is 38.0. The molecule has 0 aromatic heterocycles.